The van der Waals surface area contributed by atoms with Crippen molar-refractivity contribution in [1.29, 1.82) is 0 Å². The van der Waals surface area contributed by atoms with Crippen LogP contribution in [-0.2, 0) is 26.2 Å². The predicted molar refractivity (Wildman–Crippen MR) is 98.7 cm³/mol. The molecule has 0 saturated heterocycles. The molecular weight excluding hydrogens is 373 g/mol. The minimum Gasteiger partial charge on any atom is -0.677 e. The van der Waals surface area contributed by atoms with E-state index in [2.05, 4.69) is 0 Å². The number of rotatable bonds is 4. The van der Waals surface area contributed by atoms with E-state index in [0.29, 0.717) is 19.6 Å². The summed E-state index contributed by atoms with van der Waals surface area (Å²) < 4.78 is 13.1. The maximum atomic E-state index is 13.1. The zero-order valence-corrected chi connectivity index (χ0v) is 18.4. The number of nitrogens with one attached hydrogen (secondary N) is 3. The van der Waals surface area contributed by atoms with Gasteiger partial charge in [0, 0.05) is 0 Å². The Hall–Kier alpha value is 0.260. The summed E-state index contributed by atoms with van der Waals surface area (Å²) in [6.45, 7) is 11.1. The van der Waals surface area contributed by atoms with E-state index in [0.717, 1.165) is 24.4 Å². The first kappa shape index (κ1) is 30.2. The Labute approximate surface area is 157 Å². The summed E-state index contributed by atoms with van der Waals surface area (Å²) in [6.07, 6.45) is 2.96. The van der Waals surface area contributed by atoms with Gasteiger partial charge in [-0.25, -0.2) is 12.1 Å². The summed E-state index contributed by atoms with van der Waals surface area (Å²) in [4.78, 5) is 0. The zero-order valence-electron chi connectivity index (χ0n) is 14.9. The van der Waals surface area contributed by atoms with Gasteiger partial charge in [0.05, 0.1) is 0 Å². The van der Waals surface area contributed by atoms with Crippen LogP contribution in [0.2, 0.25) is 13.1 Å². The Morgan fingerprint density at radius 1 is 0.818 bits per heavy atom. The van der Waals surface area contributed by atoms with Gasteiger partial charge in [-0.2, -0.15) is 31.8 Å². The topological polar surface area (TPSA) is 71.4 Å². The predicted octanol–water partition coefficient (Wildman–Crippen LogP) is 6.13. The second-order valence-corrected chi connectivity index (χ2v) is 8.42. The number of halogens is 1. The van der Waals surface area contributed by atoms with Gasteiger partial charge >= 0.3 is 26.2 Å². The standard InChI is InChI=1S/C7H10FSi.3C3H8N.Zr/c1-9(2,8)7-5-3-4-6-7;3*1-2-3-4;/h3-6H,1-2H3;3*4H,2-3H2,1H3;/q4*-1;+4. The molecular formula is C16H34FN3SiZr. The van der Waals surface area contributed by atoms with Crippen molar-refractivity contribution in [3.05, 3.63) is 41.5 Å². The van der Waals surface area contributed by atoms with Crippen molar-refractivity contribution >= 4 is 13.6 Å². The summed E-state index contributed by atoms with van der Waals surface area (Å²) in [5.74, 6) is 0. The van der Waals surface area contributed by atoms with Gasteiger partial charge in [0.25, 0.3) is 0 Å². The average Bonchev–Trinajstić information content (AvgIpc) is 3.02. The first-order chi connectivity index (χ1) is 9.85. The molecule has 0 heterocycles. The maximum absolute atomic E-state index is 13.1. The molecule has 1 aromatic carbocycles. The van der Waals surface area contributed by atoms with Crippen LogP contribution >= 0.6 is 0 Å². The monoisotopic (exact) mass is 405 g/mol. The van der Waals surface area contributed by atoms with Crippen LogP contribution in [0.1, 0.15) is 40.0 Å². The molecule has 0 unspecified atom stereocenters. The summed E-state index contributed by atoms with van der Waals surface area (Å²) in [7, 11) is -2.48. The Morgan fingerprint density at radius 3 is 1.14 bits per heavy atom. The van der Waals surface area contributed by atoms with E-state index in [-0.39, 0.29) is 26.2 Å². The van der Waals surface area contributed by atoms with Crippen molar-refractivity contribution in [3.63, 3.8) is 0 Å². The molecule has 3 nitrogen and oxygen atoms in total. The molecule has 0 amide bonds. The van der Waals surface area contributed by atoms with Gasteiger partial charge in [-0.15, -0.1) is 5.19 Å². The third kappa shape index (κ3) is 28.4. The van der Waals surface area contributed by atoms with Crippen LogP contribution in [0.5, 0.6) is 0 Å². The van der Waals surface area contributed by atoms with Gasteiger partial charge in [-0.05, 0) is 13.1 Å². The molecule has 6 heteroatoms. The fourth-order valence-electron chi connectivity index (χ4n) is 0.770. The van der Waals surface area contributed by atoms with Crippen molar-refractivity contribution in [3.8, 4) is 0 Å². The molecule has 3 N–H and O–H groups in total. The summed E-state index contributed by atoms with van der Waals surface area (Å²) in [6, 6.07) is 7.46. The Balaban J connectivity index is -0.000000107. The number of hydrogen-bond acceptors (Lipinski definition) is 0. The van der Waals surface area contributed by atoms with Gasteiger partial charge in [0.15, 0.2) is 0 Å². The van der Waals surface area contributed by atoms with Gasteiger partial charge in [0.1, 0.15) is 0 Å². The fraction of sp³-hybridized carbons (Fsp3) is 0.688. The van der Waals surface area contributed by atoms with Crippen LogP contribution < -0.4 is 5.19 Å². The average molecular weight is 407 g/mol. The van der Waals surface area contributed by atoms with Crippen LogP contribution in [0.25, 0.3) is 17.2 Å². The smallest absolute Gasteiger partial charge is 0.677 e. The SMILES string of the molecule is CCC[NH-].CCC[NH-].CCC[NH-].C[Si](C)(F)[c-]1cccc1.[Zr+4]. The molecule has 0 aliphatic heterocycles. The first-order valence-corrected chi connectivity index (χ1v) is 10.6. The molecule has 0 saturated carbocycles. The summed E-state index contributed by atoms with van der Waals surface area (Å²) in [5, 5.41) is 0.891. The van der Waals surface area contributed by atoms with E-state index in [9.17, 15) is 4.11 Å². The Bertz CT molecular complexity index is 249. The molecule has 128 valence electrons. The molecule has 22 heavy (non-hydrogen) atoms. The van der Waals surface area contributed by atoms with Crippen molar-refractivity contribution in [1.82, 2.24) is 0 Å². The Kier molecular flexibility index (Phi) is 32.3. The van der Waals surface area contributed by atoms with E-state index in [1.807, 2.05) is 45.0 Å². The van der Waals surface area contributed by atoms with Crippen molar-refractivity contribution < 1.29 is 30.3 Å². The molecule has 0 radical (unpaired) electrons. The van der Waals surface area contributed by atoms with E-state index < -0.39 is 8.41 Å². The van der Waals surface area contributed by atoms with Gasteiger partial charge in [-0.1, -0.05) is 40.0 Å². The van der Waals surface area contributed by atoms with E-state index in [1.54, 1.807) is 13.1 Å². The van der Waals surface area contributed by atoms with E-state index in [1.165, 1.54) is 0 Å². The van der Waals surface area contributed by atoms with Gasteiger partial charge in [0.2, 0.25) is 8.41 Å². The van der Waals surface area contributed by atoms with Crippen LogP contribution in [0.15, 0.2) is 24.3 Å². The molecule has 0 aliphatic rings. The maximum Gasteiger partial charge on any atom is 4.00 e. The van der Waals surface area contributed by atoms with Crippen molar-refractivity contribution in [2.45, 2.75) is 53.1 Å². The first-order valence-electron chi connectivity index (χ1n) is 7.70. The van der Waals surface area contributed by atoms with Crippen molar-refractivity contribution in [2.24, 2.45) is 0 Å². The van der Waals surface area contributed by atoms with E-state index in [4.69, 9.17) is 17.2 Å². The van der Waals surface area contributed by atoms with Crippen LogP contribution in [0.4, 0.5) is 4.11 Å². The quantitative estimate of drug-likeness (QED) is 0.328. The molecule has 0 fully saturated rings. The molecule has 0 bridgehead atoms. The minimum atomic E-state index is -2.48. The second kappa shape index (κ2) is 23.5. The zero-order chi connectivity index (χ0) is 17.1. The summed E-state index contributed by atoms with van der Waals surface area (Å²) >= 11 is 0. The molecule has 0 spiro atoms. The molecule has 1 rings (SSSR count). The molecule has 0 atom stereocenters. The number of hydrogen-bond donors (Lipinski definition) is 0. The second-order valence-electron chi connectivity index (χ2n) is 4.90. The van der Waals surface area contributed by atoms with Crippen LogP contribution in [-0.4, -0.2) is 28.0 Å². The minimum absolute atomic E-state index is 0. The van der Waals surface area contributed by atoms with Crippen LogP contribution in [0.3, 0.4) is 0 Å². The normalized spacial score (nSPS) is 8.95. The largest absolute Gasteiger partial charge is 4.00 e. The molecule has 1 aromatic rings. The fourth-order valence-corrected chi connectivity index (χ4v) is 1.76. The molecule has 0 aliphatic carbocycles. The van der Waals surface area contributed by atoms with Crippen LogP contribution in [0, 0.1) is 0 Å². The summed E-state index contributed by atoms with van der Waals surface area (Å²) in [5.41, 5.74) is 19.4. The third-order valence-corrected chi connectivity index (χ3v) is 3.81. The van der Waals surface area contributed by atoms with Gasteiger partial charge in [-0.3, -0.25) is 0 Å². The Morgan fingerprint density at radius 2 is 1.05 bits per heavy atom. The third-order valence-electron chi connectivity index (χ3n) is 2.10. The van der Waals surface area contributed by atoms with Crippen molar-refractivity contribution in [2.75, 3.05) is 19.6 Å². The van der Waals surface area contributed by atoms with E-state index >= 15 is 0 Å². The van der Waals surface area contributed by atoms with Gasteiger partial charge < -0.3 is 21.3 Å². The molecule has 0 aromatic heterocycles.